The molecule has 2 aliphatic heterocycles. The van der Waals surface area contributed by atoms with Gasteiger partial charge in [0.05, 0.1) is 5.56 Å². The van der Waals surface area contributed by atoms with Crippen LogP contribution in [-0.4, -0.2) is 43.0 Å². The van der Waals surface area contributed by atoms with E-state index in [-0.39, 0.29) is 11.9 Å². The number of benzene rings is 2. The number of rotatable bonds is 5. The zero-order valence-electron chi connectivity index (χ0n) is 19.2. The SMILES string of the molecule is CCc1cccc(NC(=O)Nc2ccc(N3CCC(C)CC3)c(C(=O)N3CCCC3)c2)c1. The molecule has 0 atom stereocenters. The number of carbonyl (C=O) groups is 2. The van der Waals surface area contributed by atoms with E-state index in [1.807, 2.05) is 47.4 Å². The molecule has 2 aliphatic rings. The molecule has 0 saturated carbocycles. The van der Waals surface area contributed by atoms with Crippen molar-refractivity contribution < 1.29 is 9.59 Å². The van der Waals surface area contributed by atoms with E-state index in [1.54, 1.807) is 0 Å². The summed E-state index contributed by atoms with van der Waals surface area (Å²) in [4.78, 5) is 30.2. The molecule has 2 aromatic carbocycles. The first-order chi connectivity index (χ1) is 15.5. The summed E-state index contributed by atoms with van der Waals surface area (Å²) in [5.41, 5.74) is 4.23. The van der Waals surface area contributed by atoms with Crippen molar-refractivity contribution in [3.63, 3.8) is 0 Å². The summed E-state index contributed by atoms with van der Waals surface area (Å²) < 4.78 is 0. The Morgan fingerprint density at radius 2 is 1.62 bits per heavy atom. The van der Waals surface area contributed by atoms with Crippen LogP contribution in [0.25, 0.3) is 0 Å². The predicted molar refractivity (Wildman–Crippen MR) is 131 cm³/mol. The zero-order valence-corrected chi connectivity index (χ0v) is 19.2. The topological polar surface area (TPSA) is 64.7 Å². The van der Waals surface area contributed by atoms with Crippen LogP contribution in [0.5, 0.6) is 0 Å². The Kier molecular flexibility index (Phi) is 6.98. The van der Waals surface area contributed by atoms with E-state index >= 15 is 0 Å². The van der Waals surface area contributed by atoms with Crippen molar-refractivity contribution in [1.29, 1.82) is 0 Å². The fraction of sp³-hybridized carbons (Fsp3) is 0.462. The largest absolute Gasteiger partial charge is 0.371 e. The molecular weight excluding hydrogens is 400 g/mol. The second kappa shape index (κ2) is 10.1. The molecule has 0 bridgehead atoms. The second-order valence-corrected chi connectivity index (χ2v) is 9.03. The van der Waals surface area contributed by atoms with Crippen molar-refractivity contribution in [2.45, 2.75) is 46.0 Å². The highest BCUT2D eigenvalue weighted by atomic mass is 16.2. The number of likely N-dealkylation sites (tertiary alicyclic amines) is 1. The maximum Gasteiger partial charge on any atom is 0.323 e. The first kappa shape index (κ1) is 22.2. The minimum atomic E-state index is -0.308. The minimum Gasteiger partial charge on any atom is -0.371 e. The van der Waals surface area contributed by atoms with Crippen LogP contribution >= 0.6 is 0 Å². The lowest BCUT2D eigenvalue weighted by Gasteiger charge is -2.34. The normalized spacial score (nSPS) is 16.8. The third-order valence-corrected chi connectivity index (χ3v) is 6.60. The van der Waals surface area contributed by atoms with Gasteiger partial charge in [0.2, 0.25) is 0 Å². The van der Waals surface area contributed by atoms with Crippen molar-refractivity contribution in [1.82, 2.24) is 4.90 Å². The van der Waals surface area contributed by atoms with Gasteiger partial charge in [-0.2, -0.15) is 0 Å². The molecule has 0 spiro atoms. The monoisotopic (exact) mass is 434 g/mol. The van der Waals surface area contributed by atoms with Gasteiger partial charge in [-0.25, -0.2) is 4.79 Å². The Bertz CT molecular complexity index is 960. The number of hydrogen-bond donors (Lipinski definition) is 2. The van der Waals surface area contributed by atoms with Gasteiger partial charge in [-0.1, -0.05) is 26.0 Å². The first-order valence-corrected chi connectivity index (χ1v) is 11.9. The molecule has 6 nitrogen and oxygen atoms in total. The highest BCUT2D eigenvalue weighted by Crippen LogP contribution is 2.30. The van der Waals surface area contributed by atoms with Gasteiger partial charge >= 0.3 is 6.03 Å². The summed E-state index contributed by atoms with van der Waals surface area (Å²) in [6, 6.07) is 13.3. The highest BCUT2D eigenvalue weighted by Gasteiger charge is 2.26. The Labute approximate surface area is 191 Å². The molecule has 0 radical (unpaired) electrons. The van der Waals surface area contributed by atoms with Crippen LogP contribution in [0.15, 0.2) is 42.5 Å². The Morgan fingerprint density at radius 3 is 2.31 bits per heavy atom. The second-order valence-electron chi connectivity index (χ2n) is 9.03. The number of nitrogens with one attached hydrogen (secondary N) is 2. The Hall–Kier alpha value is -3.02. The van der Waals surface area contributed by atoms with Gasteiger partial charge in [0.1, 0.15) is 0 Å². The molecule has 2 N–H and O–H groups in total. The molecule has 3 amide bonds. The van der Waals surface area contributed by atoms with Gasteiger partial charge in [0, 0.05) is 43.2 Å². The lowest BCUT2D eigenvalue weighted by atomic mass is 9.97. The number of nitrogens with zero attached hydrogens (tertiary/aromatic N) is 2. The molecule has 2 saturated heterocycles. The summed E-state index contributed by atoms with van der Waals surface area (Å²) in [6.45, 7) is 7.91. The molecule has 0 aromatic heterocycles. The molecule has 170 valence electrons. The van der Waals surface area contributed by atoms with Crippen LogP contribution in [0.4, 0.5) is 21.9 Å². The first-order valence-electron chi connectivity index (χ1n) is 11.9. The minimum absolute atomic E-state index is 0.0656. The van der Waals surface area contributed by atoms with E-state index in [0.717, 1.165) is 75.6 Å². The van der Waals surface area contributed by atoms with E-state index in [9.17, 15) is 9.59 Å². The third kappa shape index (κ3) is 5.23. The summed E-state index contributed by atoms with van der Waals surface area (Å²) in [7, 11) is 0. The fourth-order valence-electron chi connectivity index (χ4n) is 4.56. The summed E-state index contributed by atoms with van der Waals surface area (Å²) in [5, 5.41) is 5.81. The number of hydrogen-bond acceptors (Lipinski definition) is 3. The van der Waals surface area contributed by atoms with Crippen LogP contribution in [0.1, 0.15) is 55.5 Å². The number of carbonyl (C=O) groups excluding carboxylic acids is 2. The number of urea groups is 1. The van der Waals surface area contributed by atoms with Crippen LogP contribution in [0.3, 0.4) is 0 Å². The molecule has 6 heteroatoms. The lowest BCUT2D eigenvalue weighted by Crippen LogP contribution is -2.35. The number of anilines is 3. The van der Waals surface area contributed by atoms with Gasteiger partial charge in [-0.15, -0.1) is 0 Å². The van der Waals surface area contributed by atoms with E-state index < -0.39 is 0 Å². The average molecular weight is 435 g/mol. The Balaban J connectivity index is 1.53. The van der Waals surface area contributed by atoms with E-state index in [1.165, 1.54) is 5.56 Å². The molecule has 4 rings (SSSR count). The maximum absolute atomic E-state index is 13.3. The molecule has 32 heavy (non-hydrogen) atoms. The summed E-state index contributed by atoms with van der Waals surface area (Å²) in [5.74, 6) is 0.788. The lowest BCUT2D eigenvalue weighted by molar-refractivity contribution is 0.0793. The third-order valence-electron chi connectivity index (χ3n) is 6.60. The van der Waals surface area contributed by atoms with E-state index in [4.69, 9.17) is 0 Å². The standard InChI is InChI=1S/C26H34N4O2/c1-3-20-7-6-8-21(17-20)27-26(32)28-22-9-10-24(29-15-11-19(2)12-16-29)23(18-22)25(31)30-13-4-5-14-30/h6-10,17-19H,3-5,11-16H2,1-2H3,(H2,27,28,32). The van der Waals surface area contributed by atoms with Crippen molar-refractivity contribution in [3.05, 3.63) is 53.6 Å². The van der Waals surface area contributed by atoms with Crippen LogP contribution in [0.2, 0.25) is 0 Å². The molecule has 0 unspecified atom stereocenters. The van der Waals surface area contributed by atoms with Crippen molar-refractivity contribution in [2.24, 2.45) is 5.92 Å². The van der Waals surface area contributed by atoms with Gasteiger partial charge in [0.15, 0.2) is 0 Å². The number of amides is 3. The predicted octanol–water partition coefficient (Wildman–Crippen LogP) is 5.37. The van der Waals surface area contributed by atoms with E-state index in [0.29, 0.717) is 11.3 Å². The van der Waals surface area contributed by atoms with Gasteiger partial charge in [0.25, 0.3) is 5.91 Å². The van der Waals surface area contributed by atoms with Crippen LogP contribution < -0.4 is 15.5 Å². The molecule has 0 aliphatic carbocycles. The smallest absolute Gasteiger partial charge is 0.323 e. The number of piperidine rings is 1. The Morgan fingerprint density at radius 1 is 0.938 bits per heavy atom. The zero-order chi connectivity index (χ0) is 22.5. The number of aryl methyl sites for hydroxylation is 1. The van der Waals surface area contributed by atoms with E-state index in [2.05, 4.69) is 29.4 Å². The fourth-order valence-corrected chi connectivity index (χ4v) is 4.56. The quantitative estimate of drug-likeness (QED) is 0.665. The van der Waals surface area contributed by atoms with Gasteiger partial charge in [-0.3, -0.25) is 4.79 Å². The molecular formula is C26H34N4O2. The van der Waals surface area contributed by atoms with Crippen molar-refractivity contribution in [3.8, 4) is 0 Å². The van der Waals surface area contributed by atoms with Gasteiger partial charge in [-0.05, 0) is 73.9 Å². The van der Waals surface area contributed by atoms with Gasteiger partial charge < -0.3 is 20.4 Å². The highest BCUT2D eigenvalue weighted by molar-refractivity contribution is 6.04. The van der Waals surface area contributed by atoms with Crippen molar-refractivity contribution >= 4 is 29.0 Å². The summed E-state index contributed by atoms with van der Waals surface area (Å²) in [6.07, 6.45) is 5.29. The van der Waals surface area contributed by atoms with Crippen molar-refractivity contribution in [2.75, 3.05) is 41.7 Å². The molecule has 2 aromatic rings. The average Bonchev–Trinajstić information content (AvgIpc) is 3.34. The molecule has 2 heterocycles. The van der Waals surface area contributed by atoms with Crippen LogP contribution in [0, 0.1) is 5.92 Å². The molecule has 2 fully saturated rings. The van der Waals surface area contributed by atoms with Crippen LogP contribution in [-0.2, 0) is 6.42 Å². The maximum atomic E-state index is 13.3. The summed E-state index contributed by atoms with van der Waals surface area (Å²) >= 11 is 0.